The van der Waals surface area contributed by atoms with E-state index in [1.165, 1.54) is 12.0 Å². The maximum Gasteiger partial charge on any atom is 0.328 e. The number of anilines is 1. The fourth-order valence-electron chi connectivity index (χ4n) is 1.72. The van der Waals surface area contributed by atoms with Crippen LogP contribution in [-0.2, 0) is 9.53 Å². The van der Waals surface area contributed by atoms with E-state index in [-0.39, 0.29) is 11.9 Å². The first-order valence-corrected chi connectivity index (χ1v) is 6.64. The van der Waals surface area contributed by atoms with Crippen molar-refractivity contribution in [3.63, 3.8) is 0 Å². The Morgan fingerprint density at radius 3 is 2.55 bits per heavy atom. The number of amides is 1. The summed E-state index contributed by atoms with van der Waals surface area (Å²) < 4.78 is 4.72. The fourth-order valence-corrected chi connectivity index (χ4v) is 1.89. The molecule has 0 aliphatic carbocycles. The van der Waals surface area contributed by atoms with Gasteiger partial charge < -0.3 is 15.0 Å². The molecule has 1 unspecified atom stereocenters. The SMILES string of the molecule is CCC(Nc1cc(Cl)ccc1C(=O)N(C)C)C(=O)OC. The number of carbonyl (C=O) groups excluding carboxylic acids is 2. The third-order valence-electron chi connectivity index (χ3n) is 2.84. The van der Waals surface area contributed by atoms with Gasteiger partial charge in [0.1, 0.15) is 6.04 Å². The molecule has 0 aliphatic heterocycles. The van der Waals surface area contributed by atoms with Gasteiger partial charge in [-0.25, -0.2) is 4.79 Å². The number of nitrogens with zero attached hydrogens (tertiary/aromatic N) is 1. The molecule has 1 aromatic carbocycles. The zero-order valence-electron chi connectivity index (χ0n) is 12.1. The summed E-state index contributed by atoms with van der Waals surface area (Å²) in [6.45, 7) is 1.85. The molecule has 6 heteroatoms. The minimum absolute atomic E-state index is 0.163. The number of esters is 1. The normalized spacial score (nSPS) is 11.7. The van der Waals surface area contributed by atoms with Crippen LogP contribution < -0.4 is 5.32 Å². The van der Waals surface area contributed by atoms with Gasteiger partial charge in [0.15, 0.2) is 0 Å². The van der Waals surface area contributed by atoms with Gasteiger partial charge in [-0.3, -0.25) is 4.79 Å². The molecule has 0 bridgehead atoms. The van der Waals surface area contributed by atoms with E-state index in [2.05, 4.69) is 5.32 Å². The van der Waals surface area contributed by atoms with Gasteiger partial charge in [-0.1, -0.05) is 18.5 Å². The number of rotatable bonds is 5. The zero-order valence-corrected chi connectivity index (χ0v) is 12.8. The standard InChI is InChI=1S/C14H19ClN2O3/c1-5-11(14(19)20-4)16-12-8-9(15)6-7-10(12)13(18)17(2)3/h6-8,11,16H,5H2,1-4H3. The Labute approximate surface area is 123 Å². The van der Waals surface area contributed by atoms with E-state index < -0.39 is 6.04 Å². The Kier molecular flexibility index (Phi) is 5.82. The predicted molar refractivity (Wildman–Crippen MR) is 79.2 cm³/mol. The van der Waals surface area contributed by atoms with Gasteiger partial charge in [0, 0.05) is 24.8 Å². The Hall–Kier alpha value is -1.75. The van der Waals surface area contributed by atoms with Gasteiger partial charge in [-0.15, -0.1) is 0 Å². The minimum atomic E-state index is -0.521. The second kappa shape index (κ2) is 7.14. The molecule has 1 atom stereocenters. The van der Waals surface area contributed by atoms with E-state index in [0.717, 1.165) is 0 Å². The highest BCUT2D eigenvalue weighted by molar-refractivity contribution is 6.31. The number of halogens is 1. The molecule has 5 nitrogen and oxygen atoms in total. The number of ether oxygens (including phenoxy) is 1. The van der Waals surface area contributed by atoms with Crippen LogP contribution in [0.3, 0.4) is 0 Å². The van der Waals surface area contributed by atoms with Crippen LogP contribution in [0.5, 0.6) is 0 Å². The lowest BCUT2D eigenvalue weighted by Crippen LogP contribution is -2.31. The van der Waals surface area contributed by atoms with Crippen molar-refractivity contribution in [3.8, 4) is 0 Å². The van der Waals surface area contributed by atoms with Crippen molar-refractivity contribution in [1.82, 2.24) is 4.90 Å². The number of hydrogen-bond acceptors (Lipinski definition) is 4. The minimum Gasteiger partial charge on any atom is -0.467 e. The summed E-state index contributed by atoms with van der Waals surface area (Å²) in [6, 6.07) is 4.39. The fraction of sp³-hybridized carbons (Fsp3) is 0.429. The van der Waals surface area contributed by atoms with Crippen molar-refractivity contribution in [1.29, 1.82) is 0 Å². The molecule has 1 rings (SSSR count). The van der Waals surface area contributed by atoms with E-state index in [1.54, 1.807) is 32.3 Å². The third-order valence-corrected chi connectivity index (χ3v) is 3.08. The second-order valence-electron chi connectivity index (χ2n) is 4.52. The van der Waals surface area contributed by atoms with Crippen molar-refractivity contribution in [2.45, 2.75) is 19.4 Å². The smallest absolute Gasteiger partial charge is 0.328 e. The molecule has 0 saturated carbocycles. The molecule has 0 radical (unpaired) electrons. The molecule has 0 aliphatic rings. The van der Waals surface area contributed by atoms with Crippen molar-refractivity contribution in [2.75, 3.05) is 26.5 Å². The van der Waals surface area contributed by atoms with Crippen molar-refractivity contribution >= 4 is 29.2 Å². The van der Waals surface area contributed by atoms with E-state index in [1.807, 2.05) is 6.92 Å². The summed E-state index contributed by atoms with van der Waals surface area (Å²) in [5.74, 6) is -0.542. The van der Waals surface area contributed by atoms with Crippen molar-refractivity contribution in [3.05, 3.63) is 28.8 Å². The largest absolute Gasteiger partial charge is 0.467 e. The molecule has 1 aromatic rings. The van der Waals surface area contributed by atoms with Gasteiger partial charge in [-0.2, -0.15) is 0 Å². The van der Waals surface area contributed by atoms with E-state index >= 15 is 0 Å². The molecular weight excluding hydrogens is 280 g/mol. The Balaban J connectivity index is 3.12. The molecule has 0 saturated heterocycles. The third kappa shape index (κ3) is 3.87. The topological polar surface area (TPSA) is 58.6 Å². The molecule has 0 heterocycles. The van der Waals surface area contributed by atoms with Crippen LogP contribution in [0.1, 0.15) is 23.7 Å². The highest BCUT2D eigenvalue weighted by atomic mass is 35.5. The Bertz CT molecular complexity index is 503. The molecular formula is C14H19ClN2O3. The predicted octanol–water partition coefficient (Wildman–Crippen LogP) is 2.41. The first-order chi connectivity index (χ1) is 9.40. The van der Waals surface area contributed by atoms with Crippen molar-refractivity contribution in [2.24, 2.45) is 0 Å². The van der Waals surface area contributed by atoms with Gasteiger partial charge in [0.2, 0.25) is 0 Å². The van der Waals surface area contributed by atoms with Gasteiger partial charge in [0.05, 0.1) is 12.7 Å². The Morgan fingerprint density at radius 1 is 1.40 bits per heavy atom. The lowest BCUT2D eigenvalue weighted by molar-refractivity contribution is -0.141. The van der Waals surface area contributed by atoms with Gasteiger partial charge >= 0.3 is 5.97 Å². The number of nitrogens with one attached hydrogen (secondary N) is 1. The summed E-state index contributed by atoms with van der Waals surface area (Å²) >= 11 is 5.96. The quantitative estimate of drug-likeness (QED) is 0.848. The summed E-state index contributed by atoms with van der Waals surface area (Å²) in [6.07, 6.45) is 0.536. The van der Waals surface area contributed by atoms with E-state index in [4.69, 9.17) is 16.3 Å². The number of hydrogen-bond donors (Lipinski definition) is 1. The second-order valence-corrected chi connectivity index (χ2v) is 4.95. The van der Waals surface area contributed by atoms with Crippen molar-refractivity contribution < 1.29 is 14.3 Å². The van der Waals surface area contributed by atoms with Crippen LogP contribution in [0.15, 0.2) is 18.2 Å². The average Bonchev–Trinajstić information content (AvgIpc) is 2.43. The average molecular weight is 299 g/mol. The van der Waals surface area contributed by atoms with Gasteiger partial charge in [0.25, 0.3) is 5.91 Å². The molecule has 0 spiro atoms. The number of carbonyl (C=O) groups is 2. The molecule has 20 heavy (non-hydrogen) atoms. The molecule has 0 aromatic heterocycles. The van der Waals surface area contributed by atoms with Gasteiger partial charge in [-0.05, 0) is 24.6 Å². The summed E-state index contributed by atoms with van der Waals surface area (Å²) in [4.78, 5) is 25.2. The first kappa shape index (κ1) is 16.3. The van der Waals surface area contributed by atoms with E-state index in [9.17, 15) is 9.59 Å². The number of methoxy groups -OCH3 is 1. The molecule has 0 fully saturated rings. The maximum atomic E-state index is 12.1. The lowest BCUT2D eigenvalue weighted by Gasteiger charge is -2.20. The maximum absolute atomic E-state index is 12.1. The van der Waals surface area contributed by atoms with Crippen LogP contribution in [0, 0.1) is 0 Å². The highest BCUT2D eigenvalue weighted by Gasteiger charge is 2.20. The molecule has 110 valence electrons. The lowest BCUT2D eigenvalue weighted by atomic mass is 10.1. The van der Waals surface area contributed by atoms with Crippen LogP contribution in [0.4, 0.5) is 5.69 Å². The highest BCUT2D eigenvalue weighted by Crippen LogP contribution is 2.23. The Morgan fingerprint density at radius 2 is 2.05 bits per heavy atom. The summed E-state index contributed by atoms with van der Waals surface area (Å²) in [7, 11) is 4.66. The van der Waals surface area contributed by atoms with Crippen LogP contribution in [0.2, 0.25) is 5.02 Å². The number of benzene rings is 1. The molecule has 1 N–H and O–H groups in total. The van der Waals surface area contributed by atoms with Crippen LogP contribution in [-0.4, -0.2) is 44.0 Å². The van der Waals surface area contributed by atoms with Crippen LogP contribution >= 0.6 is 11.6 Å². The monoisotopic (exact) mass is 298 g/mol. The van der Waals surface area contributed by atoms with E-state index in [0.29, 0.717) is 22.7 Å². The zero-order chi connectivity index (χ0) is 15.3. The first-order valence-electron chi connectivity index (χ1n) is 6.26. The molecule has 1 amide bonds. The van der Waals surface area contributed by atoms with Crippen LogP contribution in [0.25, 0.3) is 0 Å². The summed E-state index contributed by atoms with van der Waals surface area (Å²) in [5.41, 5.74) is 0.982. The summed E-state index contributed by atoms with van der Waals surface area (Å²) in [5, 5.41) is 3.51.